The minimum absolute atomic E-state index is 0.0608. The van der Waals surface area contributed by atoms with Crippen molar-refractivity contribution < 1.29 is 9.53 Å². The summed E-state index contributed by atoms with van der Waals surface area (Å²) in [5, 5.41) is 7.17. The van der Waals surface area contributed by atoms with Crippen molar-refractivity contribution in [3.63, 3.8) is 0 Å². The van der Waals surface area contributed by atoms with Crippen LogP contribution in [0, 0.1) is 0 Å². The van der Waals surface area contributed by atoms with Crippen molar-refractivity contribution in [3.05, 3.63) is 65.9 Å². The lowest BCUT2D eigenvalue weighted by Crippen LogP contribution is -2.37. The number of carbonyl (C=O) groups is 1. The summed E-state index contributed by atoms with van der Waals surface area (Å²) >= 11 is 0. The first-order valence-electron chi connectivity index (χ1n) is 9.49. The number of H-pyrrole nitrogens is 1. The van der Waals surface area contributed by atoms with Gasteiger partial charge >= 0.3 is 6.03 Å². The molecule has 1 heterocycles. The quantitative estimate of drug-likeness (QED) is 0.512. The highest BCUT2D eigenvalue weighted by Crippen LogP contribution is 2.19. The molecule has 2 aromatic carbocycles. The number of para-hydroxylation sites is 1. The van der Waals surface area contributed by atoms with E-state index < -0.39 is 0 Å². The lowest BCUT2D eigenvalue weighted by atomic mass is 10.1. The van der Waals surface area contributed by atoms with E-state index in [1.807, 2.05) is 50.2 Å². The number of rotatable bonds is 8. The zero-order valence-electron chi connectivity index (χ0n) is 15.9. The minimum atomic E-state index is -0.143. The summed E-state index contributed by atoms with van der Waals surface area (Å²) in [6, 6.07) is 15.9. The molecule has 1 unspecified atom stereocenters. The molecule has 0 aliphatic carbocycles. The van der Waals surface area contributed by atoms with Crippen LogP contribution in [0.25, 0.3) is 10.9 Å². The number of hydrogen-bond acceptors (Lipinski definition) is 2. The minimum Gasteiger partial charge on any atom is -0.494 e. The molecule has 0 fully saturated rings. The van der Waals surface area contributed by atoms with Crippen molar-refractivity contribution in [2.24, 2.45) is 0 Å². The van der Waals surface area contributed by atoms with Crippen molar-refractivity contribution >= 4 is 16.9 Å². The van der Waals surface area contributed by atoms with Crippen LogP contribution in [0.15, 0.2) is 54.7 Å². The summed E-state index contributed by atoms with van der Waals surface area (Å²) in [5.41, 5.74) is 3.49. The van der Waals surface area contributed by atoms with Gasteiger partial charge in [-0.2, -0.15) is 0 Å². The standard InChI is InChI=1S/C22H27N3O2/c1-3-27-19-12-10-17(11-13-19)16(2)25-22(26)23-14-6-7-18-15-24-21-9-5-4-8-20(18)21/h4-5,8-13,15-16,24H,3,6-7,14H2,1-2H3,(H2,23,25,26). The highest BCUT2D eigenvalue weighted by atomic mass is 16.5. The Morgan fingerprint density at radius 2 is 1.93 bits per heavy atom. The van der Waals surface area contributed by atoms with E-state index in [0.717, 1.165) is 29.7 Å². The average Bonchev–Trinajstić information content (AvgIpc) is 3.09. The zero-order chi connectivity index (χ0) is 19.1. The summed E-state index contributed by atoms with van der Waals surface area (Å²) in [6.07, 6.45) is 3.88. The molecule has 0 saturated heterocycles. The number of hydrogen-bond donors (Lipinski definition) is 3. The molecule has 0 spiro atoms. The van der Waals surface area contributed by atoms with Gasteiger partial charge in [-0.25, -0.2) is 4.79 Å². The molecule has 5 heteroatoms. The smallest absolute Gasteiger partial charge is 0.315 e. The van der Waals surface area contributed by atoms with Crippen molar-refractivity contribution in [2.75, 3.05) is 13.2 Å². The summed E-state index contributed by atoms with van der Waals surface area (Å²) in [7, 11) is 0. The molecule has 0 saturated carbocycles. The second-order valence-electron chi connectivity index (χ2n) is 6.59. The molecule has 27 heavy (non-hydrogen) atoms. The molecular formula is C22H27N3O2. The summed E-state index contributed by atoms with van der Waals surface area (Å²) in [5.74, 6) is 0.843. The Hall–Kier alpha value is -2.95. The number of aromatic nitrogens is 1. The molecule has 3 rings (SSSR count). The topological polar surface area (TPSA) is 66.2 Å². The zero-order valence-corrected chi connectivity index (χ0v) is 15.9. The van der Waals surface area contributed by atoms with Gasteiger partial charge < -0.3 is 20.4 Å². The number of urea groups is 1. The lowest BCUT2D eigenvalue weighted by Gasteiger charge is -2.15. The van der Waals surface area contributed by atoms with E-state index in [4.69, 9.17) is 4.74 Å². The summed E-state index contributed by atoms with van der Waals surface area (Å²) in [6.45, 7) is 5.22. The molecule has 2 amide bonds. The number of nitrogens with one attached hydrogen (secondary N) is 3. The van der Waals surface area contributed by atoms with Crippen molar-refractivity contribution in [2.45, 2.75) is 32.7 Å². The average molecular weight is 365 g/mol. The van der Waals surface area contributed by atoms with Crippen LogP contribution in [-0.2, 0) is 6.42 Å². The van der Waals surface area contributed by atoms with E-state index in [1.54, 1.807) is 0 Å². The number of aryl methyl sites for hydroxylation is 1. The van der Waals surface area contributed by atoms with E-state index in [2.05, 4.69) is 33.9 Å². The van der Waals surface area contributed by atoms with Crippen LogP contribution in [0.2, 0.25) is 0 Å². The van der Waals surface area contributed by atoms with Crippen LogP contribution in [0.4, 0.5) is 4.79 Å². The number of amides is 2. The van der Waals surface area contributed by atoms with Crippen molar-refractivity contribution in [1.29, 1.82) is 0 Å². The van der Waals surface area contributed by atoms with E-state index in [0.29, 0.717) is 13.2 Å². The van der Waals surface area contributed by atoms with Gasteiger partial charge in [0.1, 0.15) is 5.75 Å². The predicted molar refractivity (Wildman–Crippen MR) is 109 cm³/mol. The second kappa shape index (κ2) is 9.12. The van der Waals surface area contributed by atoms with Crippen molar-refractivity contribution in [1.82, 2.24) is 15.6 Å². The highest BCUT2D eigenvalue weighted by Gasteiger charge is 2.09. The molecule has 142 valence electrons. The first-order chi connectivity index (χ1) is 13.2. The van der Waals surface area contributed by atoms with Gasteiger partial charge in [0.15, 0.2) is 0 Å². The highest BCUT2D eigenvalue weighted by molar-refractivity contribution is 5.83. The Morgan fingerprint density at radius 3 is 2.70 bits per heavy atom. The molecule has 5 nitrogen and oxygen atoms in total. The molecule has 0 aliphatic heterocycles. The van der Waals surface area contributed by atoms with Crippen LogP contribution in [0.1, 0.15) is 37.4 Å². The van der Waals surface area contributed by atoms with Crippen LogP contribution in [-0.4, -0.2) is 24.2 Å². The molecular weight excluding hydrogens is 338 g/mol. The second-order valence-corrected chi connectivity index (χ2v) is 6.59. The first-order valence-corrected chi connectivity index (χ1v) is 9.49. The van der Waals surface area contributed by atoms with E-state index in [-0.39, 0.29) is 12.1 Å². The monoisotopic (exact) mass is 365 g/mol. The maximum absolute atomic E-state index is 12.1. The van der Waals surface area contributed by atoms with Crippen molar-refractivity contribution in [3.8, 4) is 5.75 Å². The molecule has 3 N–H and O–H groups in total. The molecule has 0 aliphatic rings. The van der Waals surface area contributed by atoms with Gasteiger partial charge in [-0.15, -0.1) is 0 Å². The van der Waals surface area contributed by atoms with Gasteiger partial charge in [0, 0.05) is 23.6 Å². The Labute approximate surface area is 160 Å². The maximum Gasteiger partial charge on any atom is 0.315 e. The third-order valence-corrected chi connectivity index (χ3v) is 4.62. The molecule has 1 atom stereocenters. The number of carbonyl (C=O) groups excluding carboxylic acids is 1. The fourth-order valence-corrected chi connectivity index (χ4v) is 3.17. The molecule has 0 radical (unpaired) electrons. The number of benzene rings is 2. The molecule has 0 bridgehead atoms. The van der Waals surface area contributed by atoms with Crippen LogP contribution >= 0.6 is 0 Å². The maximum atomic E-state index is 12.1. The van der Waals surface area contributed by atoms with Gasteiger partial charge in [-0.05, 0) is 56.0 Å². The molecule has 3 aromatic rings. The fraction of sp³-hybridized carbons (Fsp3) is 0.318. The normalized spacial score (nSPS) is 11.9. The van der Waals surface area contributed by atoms with Crippen LogP contribution in [0.3, 0.4) is 0 Å². The number of ether oxygens (including phenoxy) is 1. The Morgan fingerprint density at radius 1 is 1.15 bits per heavy atom. The number of fused-ring (bicyclic) bond motifs is 1. The van der Waals surface area contributed by atoms with Gasteiger partial charge in [-0.1, -0.05) is 30.3 Å². The van der Waals surface area contributed by atoms with Gasteiger partial charge in [0.2, 0.25) is 0 Å². The predicted octanol–water partition coefficient (Wildman–Crippen LogP) is 4.56. The first kappa shape index (κ1) is 18.8. The van der Waals surface area contributed by atoms with Gasteiger partial charge in [0.05, 0.1) is 12.6 Å². The van der Waals surface area contributed by atoms with E-state index in [1.165, 1.54) is 10.9 Å². The van der Waals surface area contributed by atoms with E-state index >= 15 is 0 Å². The van der Waals surface area contributed by atoms with Crippen LogP contribution < -0.4 is 15.4 Å². The van der Waals surface area contributed by atoms with Gasteiger partial charge in [0.25, 0.3) is 0 Å². The Kier molecular flexibility index (Phi) is 6.36. The largest absolute Gasteiger partial charge is 0.494 e. The third-order valence-electron chi connectivity index (χ3n) is 4.62. The molecule has 1 aromatic heterocycles. The Balaban J connectivity index is 1.41. The summed E-state index contributed by atoms with van der Waals surface area (Å²) in [4.78, 5) is 15.4. The Bertz CT molecular complexity index is 871. The summed E-state index contributed by atoms with van der Waals surface area (Å²) < 4.78 is 5.44. The van der Waals surface area contributed by atoms with Crippen LogP contribution in [0.5, 0.6) is 5.75 Å². The lowest BCUT2D eigenvalue weighted by molar-refractivity contribution is 0.238. The van der Waals surface area contributed by atoms with E-state index in [9.17, 15) is 4.79 Å². The van der Waals surface area contributed by atoms with Gasteiger partial charge in [-0.3, -0.25) is 0 Å². The SMILES string of the molecule is CCOc1ccc(C(C)NC(=O)NCCCc2c[nH]c3ccccc23)cc1. The third kappa shape index (κ3) is 5.03. The number of aromatic amines is 1. The fourth-order valence-electron chi connectivity index (χ4n) is 3.17.